The second kappa shape index (κ2) is 7.01. The average molecular weight is 433 g/mol. The van der Waals surface area contributed by atoms with Crippen LogP contribution >= 0.6 is 0 Å². The van der Waals surface area contributed by atoms with Gasteiger partial charge in [-0.3, -0.25) is 4.79 Å². The fourth-order valence-corrected chi connectivity index (χ4v) is 7.57. The van der Waals surface area contributed by atoms with E-state index in [1.54, 1.807) is 31.4 Å². The van der Waals surface area contributed by atoms with Crippen molar-refractivity contribution in [2.24, 2.45) is 16.7 Å². The number of fused-ring (bicyclic) bond motifs is 3. The van der Waals surface area contributed by atoms with Crippen molar-refractivity contribution in [3.63, 3.8) is 0 Å². The van der Waals surface area contributed by atoms with Gasteiger partial charge in [0.1, 0.15) is 11.4 Å². The summed E-state index contributed by atoms with van der Waals surface area (Å²) in [5.41, 5.74) is 0.735. The van der Waals surface area contributed by atoms with Gasteiger partial charge in [-0.05, 0) is 66.7 Å². The van der Waals surface area contributed by atoms with Gasteiger partial charge in [-0.2, -0.15) is 0 Å². The first-order valence-corrected chi connectivity index (χ1v) is 12.4. The number of rotatable bonds is 6. The summed E-state index contributed by atoms with van der Waals surface area (Å²) in [6.45, 7) is 8.52. The molecule has 0 saturated heterocycles. The van der Waals surface area contributed by atoms with Crippen molar-refractivity contribution in [2.75, 3.05) is 12.9 Å². The van der Waals surface area contributed by atoms with Crippen LogP contribution in [0.1, 0.15) is 63.9 Å². The number of methoxy groups -OCH3 is 1. The van der Waals surface area contributed by atoms with Gasteiger partial charge in [-0.25, -0.2) is 12.4 Å². The minimum Gasteiger partial charge on any atom is -0.497 e. The molecule has 1 N–H and O–H groups in total. The average Bonchev–Trinajstić information content (AvgIpc) is 3.31. The summed E-state index contributed by atoms with van der Waals surface area (Å²) in [5, 5.41) is 3.92. The van der Waals surface area contributed by atoms with E-state index in [2.05, 4.69) is 26.1 Å². The Morgan fingerprint density at radius 3 is 2.60 bits per heavy atom. The fourth-order valence-electron chi connectivity index (χ4n) is 5.97. The normalized spacial score (nSPS) is 27.5. The molecule has 2 saturated carbocycles. The Hall–Kier alpha value is -2.02. The Morgan fingerprint density at radius 2 is 2.00 bits per heavy atom. The molecule has 2 aliphatic rings. The lowest BCUT2D eigenvalue weighted by Gasteiger charge is -2.43. The molecule has 2 fully saturated rings. The number of hydrogen-bond acceptors (Lipinski definition) is 4. The van der Waals surface area contributed by atoms with Crippen molar-refractivity contribution in [1.82, 2.24) is 9.29 Å². The summed E-state index contributed by atoms with van der Waals surface area (Å²) in [6, 6.07) is 6.89. The molecular weight excluding hydrogens is 400 g/mol. The fraction of sp³-hybridized carbons (Fsp3) is 0.609. The van der Waals surface area contributed by atoms with Gasteiger partial charge in [0.2, 0.25) is 10.0 Å². The highest BCUT2D eigenvalue weighted by molar-refractivity contribution is 7.90. The van der Waals surface area contributed by atoms with Crippen LogP contribution in [-0.2, 0) is 10.0 Å². The minimum atomic E-state index is -3.66. The molecule has 0 spiro atoms. The number of nitrogens with one attached hydrogen (secondary N) is 1. The van der Waals surface area contributed by atoms with Gasteiger partial charge in [0.25, 0.3) is 5.91 Å². The number of ether oxygens (including phenoxy) is 1. The van der Waals surface area contributed by atoms with Crippen LogP contribution in [0.15, 0.2) is 24.3 Å². The van der Waals surface area contributed by atoms with Crippen molar-refractivity contribution < 1.29 is 17.9 Å². The number of nitrogens with zero attached hydrogens (tertiary/aromatic N) is 1. The largest absolute Gasteiger partial charge is 0.497 e. The van der Waals surface area contributed by atoms with E-state index in [1.807, 2.05) is 6.92 Å². The molecule has 1 aromatic heterocycles. The van der Waals surface area contributed by atoms with Crippen LogP contribution in [0.4, 0.5) is 0 Å². The van der Waals surface area contributed by atoms with Crippen molar-refractivity contribution in [3.8, 4) is 5.75 Å². The van der Waals surface area contributed by atoms with E-state index in [0.717, 1.165) is 12.8 Å². The molecular formula is C23H32N2O4S. The highest BCUT2D eigenvalue weighted by Crippen LogP contribution is 2.62. The standard InChI is InChI=1S/C23H32N2O4S/c1-6-11-30(27,28)25-18-8-7-17(29-5)12-15(18)13-19(25)20(26)24-21-22(2,3)16-9-10-23(21,4)14-16/h7-8,12-13,16,21H,6,9-11,14H2,1-5H3,(H,24,26)/t16?,21?,23-/m0/s1. The molecule has 4 rings (SSSR count). The Bertz CT molecular complexity index is 1100. The molecule has 2 aromatic rings. The molecule has 30 heavy (non-hydrogen) atoms. The van der Waals surface area contributed by atoms with E-state index in [1.165, 1.54) is 10.4 Å². The van der Waals surface area contributed by atoms with Gasteiger partial charge in [0.05, 0.1) is 18.4 Å². The van der Waals surface area contributed by atoms with E-state index in [9.17, 15) is 13.2 Å². The molecule has 1 amide bonds. The third kappa shape index (κ3) is 3.13. The number of amides is 1. The number of carbonyl (C=O) groups excluding carboxylic acids is 1. The molecule has 3 atom stereocenters. The van der Waals surface area contributed by atoms with Gasteiger partial charge in [-0.1, -0.05) is 27.7 Å². The molecule has 1 heterocycles. The zero-order valence-corrected chi connectivity index (χ0v) is 19.3. The number of hydrogen-bond donors (Lipinski definition) is 1. The first kappa shape index (κ1) is 21.2. The summed E-state index contributed by atoms with van der Waals surface area (Å²) in [6.07, 6.45) is 3.88. The summed E-state index contributed by atoms with van der Waals surface area (Å²) >= 11 is 0. The quantitative estimate of drug-likeness (QED) is 0.743. The zero-order valence-electron chi connectivity index (χ0n) is 18.5. The van der Waals surface area contributed by atoms with E-state index in [-0.39, 0.29) is 34.2 Å². The van der Waals surface area contributed by atoms with Gasteiger partial charge >= 0.3 is 0 Å². The third-order valence-corrected chi connectivity index (χ3v) is 9.36. The Kier molecular flexibility index (Phi) is 4.96. The van der Waals surface area contributed by atoms with Crippen LogP contribution in [0.25, 0.3) is 10.9 Å². The summed E-state index contributed by atoms with van der Waals surface area (Å²) in [7, 11) is -2.09. The van der Waals surface area contributed by atoms with Gasteiger partial charge in [-0.15, -0.1) is 0 Å². The second-order valence-corrected chi connectivity index (χ2v) is 11.8. The van der Waals surface area contributed by atoms with E-state index in [4.69, 9.17) is 4.74 Å². The van der Waals surface area contributed by atoms with Gasteiger partial charge in [0, 0.05) is 11.4 Å². The molecule has 1 aromatic carbocycles. The first-order valence-electron chi connectivity index (χ1n) is 10.8. The van der Waals surface area contributed by atoms with Crippen molar-refractivity contribution >= 4 is 26.8 Å². The maximum absolute atomic E-state index is 13.5. The number of aromatic nitrogens is 1. The molecule has 7 heteroatoms. The van der Waals surface area contributed by atoms with Crippen LogP contribution in [0.5, 0.6) is 5.75 Å². The van der Waals surface area contributed by atoms with Crippen LogP contribution in [-0.4, -0.2) is 37.2 Å². The minimum absolute atomic E-state index is 0.00891. The first-order chi connectivity index (χ1) is 14.0. The van der Waals surface area contributed by atoms with Crippen LogP contribution in [0.3, 0.4) is 0 Å². The Morgan fingerprint density at radius 1 is 1.27 bits per heavy atom. The van der Waals surface area contributed by atoms with Crippen molar-refractivity contribution in [3.05, 3.63) is 30.0 Å². The molecule has 0 aliphatic heterocycles. The highest BCUT2D eigenvalue weighted by atomic mass is 32.2. The van der Waals surface area contributed by atoms with E-state index in [0.29, 0.717) is 29.0 Å². The lowest BCUT2D eigenvalue weighted by Crippen LogP contribution is -2.52. The predicted molar refractivity (Wildman–Crippen MR) is 118 cm³/mol. The number of carbonyl (C=O) groups is 1. The SMILES string of the molecule is CCCS(=O)(=O)n1c(C(=O)NC2C(C)(C)C3CC[C@@]2(C)C3)cc2cc(OC)ccc21. The Balaban J connectivity index is 1.79. The zero-order chi connectivity index (χ0) is 21.9. The van der Waals surface area contributed by atoms with Crippen molar-refractivity contribution in [1.29, 1.82) is 0 Å². The van der Waals surface area contributed by atoms with E-state index < -0.39 is 10.0 Å². The van der Waals surface area contributed by atoms with Gasteiger partial charge in [0.15, 0.2) is 0 Å². The van der Waals surface area contributed by atoms with Crippen molar-refractivity contribution in [2.45, 2.75) is 59.4 Å². The smallest absolute Gasteiger partial charge is 0.269 e. The van der Waals surface area contributed by atoms with Crippen LogP contribution in [0, 0.1) is 16.7 Å². The lowest BCUT2D eigenvalue weighted by molar-refractivity contribution is 0.0732. The molecule has 2 unspecified atom stereocenters. The van der Waals surface area contributed by atoms with Crippen LogP contribution in [0.2, 0.25) is 0 Å². The summed E-state index contributed by atoms with van der Waals surface area (Å²) in [5.74, 6) is 0.877. The molecule has 164 valence electrons. The monoisotopic (exact) mass is 432 g/mol. The molecule has 0 radical (unpaired) electrons. The van der Waals surface area contributed by atoms with Gasteiger partial charge < -0.3 is 10.1 Å². The molecule has 2 bridgehead atoms. The van der Waals surface area contributed by atoms with Crippen LogP contribution < -0.4 is 10.1 Å². The maximum atomic E-state index is 13.5. The summed E-state index contributed by atoms with van der Waals surface area (Å²) < 4.78 is 32.7. The maximum Gasteiger partial charge on any atom is 0.269 e. The molecule has 2 aliphatic carbocycles. The second-order valence-electron chi connectivity index (χ2n) is 9.86. The highest BCUT2D eigenvalue weighted by Gasteiger charge is 2.59. The summed E-state index contributed by atoms with van der Waals surface area (Å²) in [4.78, 5) is 13.5. The third-order valence-electron chi connectivity index (χ3n) is 7.48. The number of benzene rings is 1. The van der Waals surface area contributed by atoms with E-state index >= 15 is 0 Å². The molecule has 6 nitrogen and oxygen atoms in total. The predicted octanol–water partition coefficient (Wildman–Crippen LogP) is 4.18. The topological polar surface area (TPSA) is 77.4 Å². The Labute approximate surface area is 179 Å². The lowest BCUT2D eigenvalue weighted by atomic mass is 9.68.